The van der Waals surface area contributed by atoms with E-state index in [9.17, 15) is 4.79 Å². The number of rotatable bonds is 8. The Morgan fingerprint density at radius 2 is 1.72 bits per heavy atom. The van der Waals surface area contributed by atoms with E-state index in [-0.39, 0.29) is 5.91 Å². The van der Waals surface area contributed by atoms with Gasteiger partial charge in [0.25, 0.3) is 5.91 Å². The standard InChI is InChI=1S/C20H25NO4/c1-14-10-15(2)12-19(11-14)24-9-8-21-20(22)16(3)25-18-7-5-6-17(13-18)23-4/h5-7,10-13,16H,8-9H2,1-4H3,(H,21,22)/t16-/m0/s1. The fourth-order valence-electron chi connectivity index (χ4n) is 2.44. The molecule has 0 radical (unpaired) electrons. The van der Waals surface area contributed by atoms with Crippen molar-refractivity contribution in [3.8, 4) is 17.2 Å². The Morgan fingerprint density at radius 1 is 1.04 bits per heavy atom. The van der Waals surface area contributed by atoms with E-state index in [2.05, 4.69) is 11.4 Å². The normalized spacial score (nSPS) is 11.5. The number of methoxy groups -OCH3 is 1. The van der Waals surface area contributed by atoms with Crippen LogP contribution < -0.4 is 19.5 Å². The van der Waals surface area contributed by atoms with E-state index in [0.29, 0.717) is 24.7 Å². The van der Waals surface area contributed by atoms with Gasteiger partial charge in [0.2, 0.25) is 0 Å². The Bertz CT molecular complexity index is 694. The second-order valence-electron chi connectivity index (χ2n) is 5.90. The number of carbonyl (C=O) groups is 1. The molecule has 25 heavy (non-hydrogen) atoms. The number of nitrogens with one attached hydrogen (secondary N) is 1. The van der Waals surface area contributed by atoms with Gasteiger partial charge in [-0.15, -0.1) is 0 Å². The number of ether oxygens (including phenoxy) is 3. The third-order valence-corrected chi connectivity index (χ3v) is 3.59. The molecule has 0 aliphatic heterocycles. The highest BCUT2D eigenvalue weighted by molar-refractivity contribution is 5.80. The number of benzene rings is 2. The minimum atomic E-state index is -0.603. The summed E-state index contributed by atoms with van der Waals surface area (Å²) in [5.74, 6) is 1.90. The van der Waals surface area contributed by atoms with Gasteiger partial charge < -0.3 is 19.5 Å². The smallest absolute Gasteiger partial charge is 0.260 e. The van der Waals surface area contributed by atoms with E-state index in [1.807, 2.05) is 38.1 Å². The first-order valence-electron chi connectivity index (χ1n) is 8.27. The molecule has 2 rings (SSSR count). The van der Waals surface area contributed by atoms with Crippen molar-refractivity contribution in [1.82, 2.24) is 5.32 Å². The van der Waals surface area contributed by atoms with E-state index < -0.39 is 6.10 Å². The molecule has 0 saturated carbocycles. The molecule has 2 aromatic rings. The molecule has 0 spiro atoms. The fraction of sp³-hybridized carbons (Fsp3) is 0.350. The van der Waals surface area contributed by atoms with Crippen molar-refractivity contribution >= 4 is 5.91 Å². The maximum atomic E-state index is 12.1. The number of aryl methyl sites for hydroxylation is 2. The van der Waals surface area contributed by atoms with Crippen molar-refractivity contribution in [3.05, 3.63) is 53.6 Å². The average Bonchev–Trinajstić information content (AvgIpc) is 2.57. The maximum absolute atomic E-state index is 12.1. The van der Waals surface area contributed by atoms with E-state index in [1.54, 1.807) is 26.2 Å². The zero-order valence-corrected chi connectivity index (χ0v) is 15.2. The van der Waals surface area contributed by atoms with E-state index in [0.717, 1.165) is 16.9 Å². The quantitative estimate of drug-likeness (QED) is 0.748. The number of hydrogen-bond acceptors (Lipinski definition) is 4. The lowest BCUT2D eigenvalue weighted by Crippen LogP contribution is -2.38. The van der Waals surface area contributed by atoms with Crippen molar-refractivity contribution < 1.29 is 19.0 Å². The molecule has 0 fully saturated rings. The Kier molecular flexibility index (Phi) is 6.69. The van der Waals surface area contributed by atoms with Crippen molar-refractivity contribution in [2.75, 3.05) is 20.3 Å². The summed E-state index contributed by atoms with van der Waals surface area (Å²) in [6.45, 7) is 6.58. The van der Waals surface area contributed by atoms with Crippen molar-refractivity contribution in [3.63, 3.8) is 0 Å². The summed E-state index contributed by atoms with van der Waals surface area (Å²) in [6, 6.07) is 13.2. The lowest BCUT2D eigenvalue weighted by atomic mass is 10.1. The van der Waals surface area contributed by atoms with Crippen LogP contribution in [0.4, 0.5) is 0 Å². The van der Waals surface area contributed by atoms with Crippen LogP contribution in [0.1, 0.15) is 18.1 Å². The van der Waals surface area contributed by atoms with E-state index >= 15 is 0 Å². The summed E-state index contributed by atoms with van der Waals surface area (Å²) >= 11 is 0. The summed E-state index contributed by atoms with van der Waals surface area (Å²) in [6.07, 6.45) is -0.603. The first-order valence-corrected chi connectivity index (χ1v) is 8.27. The second kappa shape index (κ2) is 8.97. The van der Waals surface area contributed by atoms with E-state index in [4.69, 9.17) is 14.2 Å². The summed E-state index contributed by atoms with van der Waals surface area (Å²) < 4.78 is 16.4. The first-order chi connectivity index (χ1) is 12.0. The Morgan fingerprint density at radius 3 is 2.40 bits per heavy atom. The summed E-state index contributed by atoms with van der Waals surface area (Å²) in [5.41, 5.74) is 2.30. The van der Waals surface area contributed by atoms with Crippen LogP contribution in [0.25, 0.3) is 0 Å². The summed E-state index contributed by atoms with van der Waals surface area (Å²) in [5, 5.41) is 2.81. The van der Waals surface area contributed by atoms with Gasteiger partial charge in [0, 0.05) is 6.07 Å². The van der Waals surface area contributed by atoms with Gasteiger partial charge in [-0.1, -0.05) is 12.1 Å². The molecule has 0 saturated heterocycles. The van der Waals surface area contributed by atoms with Crippen molar-refractivity contribution in [2.24, 2.45) is 0 Å². The van der Waals surface area contributed by atoms with Gasteiger partial charge in [-0.05, 0) is 56.2 Å². The fourth-order valence-corrected chi connectivity index (χ4v) is 2.44. The Balaban J connectivity index is 1.75. The minimum Gasteiger partial charge on any atom is -0.497 e. The monoisotopic (exact) mass is 343 g/mol. The first kappa shape index (κ1) is 18.6. The van der Waals surface area contributed by atoms with Crippen LogP contribution in [-0.2, 0) is 4.79 Å². The summed E-state index contributed by atoms with van der Waals surface area (Å²) in [4.78, 5) is 12.1. The zero-order chi connectivity index (χ0) is 18.2. The van der Waals surface area contributed by atoms with Crippen molar-refractivity contribution in [1.29, 1.82) is 0 Å². The van der Waals surface area contributed by atoms with Crippen LogP contribution in [0.2, 0.25) is 0 Å². The molecule has 2 aromatic carbocycles. The molecule has 0 unspecified atom stereocenters. The Labute approximate surface area is 148 Å². The van der Waals surface area contributed by atoms with Gasteiger partial charge in [0.1, 0.15) is 23.9 Å². The molecule has 1 atom stereocenters. The molecule has 5 nitrogen and oxygen atoms in total. The molecule has 0 aliphatic rings. The lowest BCUT2D eigenvalue weighted by Gasteiger charge is -2.15. The van der Waals surface area contributed by atoms with Gasteiger partial charge >= 0.3 is 0 Å². The maximum Gasteiger partial charge on any atom is 0.260 e. The third kappa shape index (κ3) is 6.03. The molecule has 0 aliphatic carbocycles. The number of carbonyl (C=O) groups excluding carboxylic acids is 1. The summed E-state index contributed by atoms with van der Waals surface area (Å²) in [7, 11) is 1.59. The largest absolute Gasteiger partial charge is 0.497 e. The molecule has 1 N–H and O–H groups in total. The average molecular weight is 343 g/mol. The molecule has 134 valence electrons. The molecule has 0 aromatic heterocycles. The third-order valence-electron chi connectivity index (χ3n) is 3.59. The van der Waals surface area contributed by atoms with Gasteiger partial charge in [-0.3, -0.25) is 4.79 Å². The predicted octanol–water partition coefficient (Wildman–Crippen LogP) is 3.27. The zero-order valence-electron chi connectivity index (χ0n) is 15.2. The molecular formula is C20H25NO4. The minimum absolute atomic E-state index is 0.188. The van der Waals surface area contributed by atoms with Crippen LogP contribution >= 0.6 is 0 Å². The van der Waals surface area contributed by atoms with Crippen LogP contribution in [-0.4, -0.2) is 32.3 Å². The Hall–Kier alpha value is -2.69. The molecule has 0 bridgehead atoms. The van der Waals surface area contributed by atoms with Crippen LogP contribution in [0.3, 0.4) is 0 Å². The molecule has 1 amide bonds. The van der Waals surface area contributed by atoms with Gasteiger partial charge in [-0.25, -0.2) is 0 Å². The molecule has 0 heterocycles. The van der Waals surface area contributed by atoms with Crippen LogP contribution in [0.15, 0.2) is 42.5 Å². The molecular weight excluding hydrogens is 318 g/mol. The van der Waals surface area contributed by atoms with Crippen LogP contribution in [0, 0.1) is 13.8 Å². The topological polar surface area (TPSA) is 56.8 Å². The van der Waals surface area contributed by atoms with Crippen LogP contribution in [0.5, 0.6) is 17.2 Å². The number of hydrogen-bond donors (Lipinski definition) is 1. The van der Waals surface area contributed by atoms with E-state index in [1.165, 1.54) is 0 Å². The highest BCUT2D eigenvalue weighted by Crippen LogP contribution is 2.20. The predicted molar refractivity (Wildman–Crippen MR) is 97.5 cm³/mol. The SMILES string of the molecule is COc1cccc(O[C@@H](C)C(=O)NCCOc2cc(C)cc(C)c2)c1. The highest BCUT2D eigenvalue weighted by atomic mass is 16.5. The second-order valence-corrected chi connectivity index (χ2v) is 5.90. The van der Waals surface area contributed by atoms with Gasteiger partial charge in [0.15, 0.2) is 6.10 Å². The van der Waals surface area contributed by atoms with Gasteiger partial charge in [0.05, 0.1) is 13.7 Å². The lowest BCUT2D eigenvalue weighted by molar-refractivity contribution is -0.127. The number of amides is 1. The molecule has 5 heteroatoms. The highest BCUT2D eigenvalue weighted by Gasteiger charge is 2.14. The van der Waals surface area contributed by atoms with Crippen molar-refractivity contribution in [2.45, 2.75) is 26.9 Å². The van der Waals surface area contributed by atoms with Gasteiger partial charge in [-0.2, -0.15) is 0 Å².